The van der Waals surface area contributed by atoms with E-state index in [2.05, 4.69) is 53.7 Å². The number of pyridine rings is 1. The molecule has 1 aliphatic rings. The lowest BCUT2D eigenvalue weighted by atomic mass is 10.0. The molecule has 2 rings (SSSR count). The van der Waals surface area contributed by atoms with E-state index >= 15 is 0 Å². The fraction of sp³-hybridized carbons (Fsp3) is 0.667. The second kappa shape index (κ2) is 8.15. The molecule has 112 valence electrons. The lowest BCUT2D eigenvalue weighted by Crippen LogP contribution is -2.36. The fourth-order valence-electron chi connectivity index (χ4n) is 2.44. The van der Waals surface area contributed by atoms with Crippen LogP contribution in [-0.2, 0) is 0 Å². The van der Waals surface area contributed by atoms with E-state index in [9.17, 15) is 0 Å². The van der Waals surface area contributed by atoms with Crippen molar-refractivity contribution in [2.24, 2.45) is 0 Å². The Hall–Kier alpha value is -0.390. The summed E-state index contributed by atoms with van der Waals surface area (Å²) in [4.78, 5) is 4.35. The maximum Gasteiger partial charge on any atom is 0.137 e. The average Bonchev–Trinajstić information content (AvgIpc) is 2.48. The van der Waals surface area contributed by atoms with E-state index in [0.29, 0.717) is 16.5 Å². The van der Waals surface area contributed by atoms with Gasteiger partial charge in [-0.15, -0.1) is 0 Å². The van der Waals surface area contributed by atoms with E-state index < -0.39 is 0 Å². The first kappa shape index (κ1) is 16.0. The summed E-state index contributed by atoms with van der Waals surface area (Å²) < 4.78 is 5.70. The van der Waals surface area contributed by atoms with E-state index in [1.807, 2.05) is 13.2 Å². The molecule has 5 heteroatoms. The van der Waals surface area contributed by atoms with Crippen molar-refractivity contribution in [3.05, 3.63) is 24.0 Å². The van der Waals surface area contributed by atoms with Crippen molar-refractivity contribution in [3.8, 4) is 5.75 Å². The van der Waals surface area contributed by atoms with Crippen molar-refractivity contribution in [3.63, 3.8) is 0 Å². The van der Waals surface area contributed by atoms with E-state index in [1.54, 1.807) is 6.20 Å². The first-order chi connectivity index (χ1) is 9.76. The van der Waals surface area contributed by atoms with Crippen LogP contribution in [0.25, 0.3) is 0 Å². The minimum Gasteiger partial charge on any atom is -0.492 e. The van der Waals surface area contributed by atoms with Crippen LogP contribution in [0.15, 0.2) is 18.5 Å². The third kappa shape index (κ3) is 4.06. The van der Waals surface area contributed by atoms with E-state index in [-0.39, 0.29) is 0 Å². The Bertz CT molecular complexity index is 417. The molecule has 2 heterocycles. The maximum atomic E-state index is 5.70. The van der Waals surface area contributed by atoms with Gasteiger partial charge in [-0.05, 0) is 25.1 Å². The molecule has 0 radical (unpaired) electrons. The third-order valence-electron chi connectivity index (χ3n) is 3.44. The van der Waals surface area contributed by atoms with Gasteiger partial charge < -0.3 is 10.1 Å². The van der Waals surface area contributed by atoms with Gasteiger partial charge in [0.05, 0.1) is 12.8 Å². The molecule has 1 aromatic heterocycles. The van der Waals surface area contributed by atoms with Crippen molar-refractivity contribution < 1.29 is 4.74 Å². The number of aromatic nitrogens is 1. The van der Waals surface area contributed by atoms with E-state index in [1.165, 1.54) is 17.1 Å². The standard InChI is InChI=1S/C15H24N2OS2/c1-4-5-18-13-8-12(9-17-10-13)14(16-3)15-11(2)19-6-7-20-15/h8-11,14-16H,4-7H2,1-3H3. The SMILES string of the molecule is CCCOc1cncc(C(NC)C2SCCSC2C)c1. The Morgan fingerprint density at radius 1 is 1.40 bits per heavy atom. The van der Waals surface area contributed by atoms with E-state index in [0.717, 1.165) is 18.8 Å². The highest BCUT2D eigenvalue weighted by Crippen LogP contribution is 2.38. The van der Waals surface area contributed by atoms with Crippen LogP contribution in [0, 0.1) is 0 Å². The summed E-state index contributed by atoms with van der Waals surface area (Å²) in [5, 5.41) is 4.72. The molecule has 1 aliphatic heterocycles. The van der Waals surface area contributed by atoms with Crippen LogP contribution in [0.2, 0.25) is 0 Å². The minimum atomic E-state index is 0.334. The van der Waals surface area contributed by atoms with Gasteiger partial charge in [0, 0.05) is 34.2 Å². The molecule has 0 aliphatic carbocycles. The molecule has 3 atom stereocenters. The van der Waals surface area contributed by atoms with Gasteiger partial charge in [-0.1, -0.05) is 13.8 Å². The first-order valence-corrected chi connectivity index (χ1v) is 9.34. The summed E-state index contributed by atoms with van der Waals surface area (Å²) in [6.07, 6.45) is 4.79. The molecular weight excluding hydrogens is 288 g/mol. The molecule has 0 spiro atoms. The summed E-state index contributed by atoms with van der Waals surface area (Å²) in [6, 6.07) is 2.47. The number of nitrogens with zero attached hydrogens (tertiary/aromatic N) is 1. The van der Waals surface area contributed by atoms with Crippen molar-refractivity contribution in [2.75, 3.05) is 25.2 Å². The molecule has 3 nitrogen and oxygen atoms in total. The van der Waals surface area contributed by atoms with Crippen molar-refractivity contribution in [2.45, 2.75) is 36.8 Å². The molecule has 0 aromatic carbocycles. The predicted octanol–water partition coefficient (Wildman–Crippen LogP) is 3.37. The van der Waals surface area contributed by atoms with Gasteiger partial charge in [-0.25, -0.2) is 0 Å². The Morgan fingerprint density at radius 2 is 2.20 bits per heavy atom. The van der Waals surface area contributed by atoms with Crippen LogP contribution >= 0.6 is 23.5 Å². The molecule has 0 bridgehead atoms. The third-order valence-corrected chi connectivity index (χ3v) is 6.64. The van der Waals surface area contributed by atoms with Crippen LogP contribution in [-0.4, -0.2) is 40.6 Å². The summed E-state index contributed by atoms with van der Waals surface area (Å²) in [5.74, 6) is 3.37. The quantitative estimate of drug-likeness (QED) is 0.871. The smallest absolute Gasteiger partial charge is 0.137 e. The van der Waals surface area contributed by atoms with Crippen LogP contribution in [0.5, 0.6) is 5.75 Å². The Labute approximate surface area is 130 Å². The second-order valence-electron chi connectivity index (χ2n) is 4.98. The number of rotatable bonds is 6. The number of hydrogen-bond acceptors (Lipinski definition) is 5. The molecule has 20 heavy (non-hydrogen) atoms. The average molecular weight is 313 g/mol. The molecule has 1 saturated heterocycles. The molecular formula is C15H24N2OS2. The highest BCUT2D eigenvalue weighted by Gasteiger charge is 2.30. The van der Waals surface area contributed by atoms with Crippen LogP contribution in [0.1, 0.15) is 31.9 Å². The van der Waals surface area contributed by atoms with Gasteiger partial charge in [0.1, 0.15) is 5.75 Å². The number of nitrogens with one attached hydrogen (secondary N) is 1. The van der Waals surface area contributed by atoms with Gasteiger partial charge >= 0.3 is 0 Å². The maximum absolute atomic E-state index is 5.70. The topological polar surface area (TPSA) is 34.1 Å². The van der Waals surface area contributed by atoms with Crippen LogP contribution < -0.4 is 10.1 Å². The first-order valence-electron chi connectivity index (χ1n) is 7.24. The lowest BCUT2D eigenvalue weighted by molar-refractivity contribution is 0.315. The van der Waals surface area contributed by atoms with Gasteiger partial charge in [0.25, 0.3) is 0 Å². The molecule has 3 unspecified atom stereocenters. The molecule has 0 saturated carbocycles. The summed E-state index contributed by atoms with van der Waals surface area (Å²) in [5.41, 5.74) is 1.23. The van der Waals surface area contributed by atoms with Gasteiger partial charge in [0.2, 0.25) is 0 Å². The largest absolute Gasteiger partial charge is 0.492 e. The second-order valence-corrected chi connectivity index (χ2v) is 7.75. The van der Waals surface area contributed by atoms with Crippen LogP contribution in [0.4, 0.5) is 0 Å². The highest BCUT2D eigenvalue weighted by atomic mass is 32.2. The van der Waals surface area contributed by atoms with Crippen LogP contribution in [0.3, 0.4) is 0 Å². The monoisotopic (exact) mass is 312 g/mol. The number of hydrogen-bond donors (Lipinski definition) is 1. The fourth-order valence-corrected chi connectivity index (χ4v) is 5.43. The Morgan fingerprint density at radius 3 is 2.90 bits per heavy atom. The lowest BCUT2D eigenvalue weighted by Gasteiger charge is -2.34. The molecule has 1 N–H and O–H groups in total. The summed E-state index contributed by atoms with van der Waals surface area (Å²) >= 11 is 4.14. The Balaban J connectivity index is 2.13. The zero-order valence-electron chi connectivity index (χ0n) is 12.5. The zero-order chi connectivity index (χ0) is 14.4. The summed E-state index contributed by atoms with van der Waals surface area (Å²) in [7, 11) is 2.04. The zero-order valence-corrected chi connectivity index (χ0v) is 14.1. The number of ether oxygens (including phenoxy) is 1. The van der Waals surface area contributed by atoms with Crippen molar-refractivity contribution >= 4 is 23.5 Å². The Kier molecular flexibility index (Phi) is 6.52. The molecule has 0 amide bonds. The summed E-state index contributed by atoms with van der Waals surface area (Å²) in [6.45, 7) is 5.20. The van der Waals surface area contributed by atoms with Gasteiger partial charge in [-0.2, -0.15) is 23.5 Å². The van der Waals surface area contributed by atoms with Gasteiger partial charge in [0.15, 0.2) is 0 Å². The van der Waals surface area contributed by atoms with E-state index in [4.69, 9.17) is 4.74 Å². The minimum absolute atomic E-state index is 0.334. The highest BCUT2D eigenvalue weighted by molar-refractivity contribution is 8.07. The van der Waals surface area contributed by atoms with Gasteiger partial charge in [-0.3, -0.25) is 4.98 Å². The van der Waals surface area contributed by atoms with Crippen molar-refractivity contribution in [1.29, 1.82) is 0 Å². The predicted molar refractivity (Wildman–Crippen MR) is 90.0 cm³/mol. The van der Waals surface area contributed by atoms with Crippen molar-refractivity contribution in [1.82, 2.24) is 10.3 Å². The molecule has 1 aromatic rings. The number of thioether (sulfide) groups is 2. The molecule has 1 fully saturated rings. The normalized spacial score (nSPS) is 24.4.